The molecular weight excluding hydrogens is 458 g/mol. The predicted molar refractivity (Wildman–Crippen MR) is 130 cm³/mol. The van der Waals surface area contributed by atoms with Crippen molar-refractivity contribution in [1.29, 1.82) is 0 Å². The lowest BCUT2D eigenvalue weighted by molar-refractivity contribution is -0.146. The Hall–Kier alpha value is -3.23. The van der Waals surface area contributed by atoms with Gasteiger partial charge in [0.05, 0.1) is 21.3 Å². The molecule has 0 unspecified atom stereocenters. The number of ether oxygens (including phenoxy) is 3. The fourth-order valence-corrected chi connectivity index (χ4v) is 4.73. The van der Waals surface area contributed by atoms with Gasteiger partial charge in [0.1, 0.15) is 11.7 Å². The van der Waals surface area contributed by atoms with Gasteiger partial charge in [0, 0.05) is 35.1 Å². The van der Waals surface area contributed by atoms with Gasteiger partial charge >= 0.3 is 5.97 Å². The van der Waals surface area contributed by atoms with E-state index >= 15 is 0 Å². The number of likely N-dealkylation sites (tertiary alicyclic amines) is 1. The van der Waals surface area contributed by atoms with Crippen molar-refractivity contribution in [2.75, 3.05) is 27.9 Å². The number of nitrogens with one attached hydrogen (secondary N) is 2. The smallest absolute Gasteiger partial charge is 0.323 e. The fraction of sp³-hybridized carbons (Fsp3) is 0.360. The van der Waals surface area contributed by atoms with Crippen LogP contribution in [0.5, 0.6) is 11.5 Å². The maximum atomic E-state index is 13.1. The van der Waals surface area contributed by atoms with Crippen LogP contribution in [0.15, 0.2) is 36.4 Å². The summed E-state index contributed by atoms with van der Waals surface area (Å²) >= 11 is 6.12. The van der Waals surface area contributed by atoms with Crippen molar-refractivity contribution in [3.63, 3.8) is 0 Å². The number of halogens is 1. The molecule has 1 aliphatic heterocycles. The van der Waals surface area contributed by atoms with Crippen molar-refractivity contribution in [3.05, 3.63) is 58.2 Å². The molecule has 9 heteroatoms. The minimum atomic E-state index is -0.467. The fourth-order valence-electron chi connectivity index (χ4n) is 4.56. The second kappa shape index (κ2) is 9.95. The monoisotopic (exact) mass is 485 g/mol. The number of hydrogen-bond donors (Lipinski definition) is 2. The van der Waals surface area contributed by atoms with Crippen LogP contribution in [-0.2, 0) is 16.1 Å². The molecular formula is C25H28ClN3O5. The Bertz CT molecular complexity index is 1220. The van der Waals surface area contributed by atoms with Crippen molar-refractivity contribution in [1.82, 2.24) is 15.2 Å². The normalized spacial score (nSPS) is 18.1. The topological polar surface area (TPSA) is 92.9 Å². The van der Waals surface area contributed by atoms with E-state index in [1.807, 2.05) is 42.2 Å². The molecule has 0 spiro atoms. The van der Waals surface area contributed by atoms with E-state index in [4.69, 9.17) is 25.8 Å². The van der Waals surface area contributed by atoms with Gasteiger partial charge in [-0.15, -0.1) is 0 Å². The Morgan fingerprint density at radius 3 is 2.59 bits per heavy atom. The number of hydrogen-bond acceptors (Lipinski definition) is 6. The average molecular weight is 486 g/mol. The number of aromatic nitrogens is 1. The van der Waals surface area contributed by atoms with E-state index in [0.29, 0.717) is 41.7 Å². The number of carbonyl (C=O) groups is 2. The van der Waals surface area contributed by atoms with Gasteiger partial charge in [0.25, 0.3) is 5.91 Å². The molecule has 0 aliphatic carbocycles. The van der Waals surface area contributed by atoms with Crippen LogP contribution < -0.4 is 14.8 Å². The molecule has 1 fully saturated rings. The van der Waals surface area contributed by atoms with Gasteiger partial charge in [0.15, 0.2) is 11.5 Å². The van der Waals surface area contributed by atoms with E-state index < -0.39 is 6.04 Å². The van der Waals surface area contributed by atoms with Crippen LogP contribution in [0.25, 0.3) is 10.9 Å². The van der Waals surface area contributed by atoms with E-state index in [9.17, 15) is 9.59 Å². The highest BCUT2D eigenvalue weighted by molar-refractivity contribution is 6.31. The molecule has 2 heterocycles. The maximum Gasteiger partial charge on any atom is 0.323 e. The summed E-state index contributed by atoms with van der Waals surface area (Å²) in [5.41, 5.74) is 3.13. The number of fused-ring (bicyclic) bond motifs is 1. The summed E-state index contributed by atoms with van der Waals surface area (Å²) < 4.78 is 15.7. The molecule has 180 valence electrons. The van der Waals surface area contributed by atoms with Gasteiger partial charge in [-0.1, -0.05) is 17.7 Å². The van der Waals surface area contributed by atoms with E-state index in [1.165, 1.54) is 7.11 Å². The second-order valence-corrected chi connectivity index (χ2v) is 8.82. The summed E-state index contributed by atoms with van der Waals surface area (Å²) in [5.74, 6) is 0.713. The number of esters is 1. The highest BCUT2D eigenvalue weighted by Crippen LogP contribution is 2.30. The summed E-state index contributed by atoms with van der Waals surface area (Å²) in [6.07, 6.45) is 0.455. The number of carbonyl (C=O) groups excluding carboxylic acids is 2. The second-order valence-electron chi connectivity index (χ2n) is 8.38. The first-order valence-electron chi connectivity index (χ1n) is 11.0. The zero-order valence-electron chi connectivity index (χ0n) is 19.6. The van der Waals surface area contributed by atoms with Crippen molar-refractivity contribution < 1.29 is 23.8 Å². The Kier molecular flexibility index (Phi) is 7.00. The van der Waals surface area contributed by atoms with Crippen LogP contribution in [0.2, 0.25) is 5.02 Å². The van der Waals surface area contributed by atoms with Gasteiger partial charge in [0.2, 0.25) is 0 Å². The summed E-state index contributed by atoms with van der Waals surface area (Å²) in [7, 11) is 4.55. The Balaban J connectivity index is 1.51. The van der Waals surface area contributed by atoms with Gasteiger partial charge in [-0.25, -0.2) is 0 Å². The molecule has 0 radical (unpaired) electrons. The quantitative estimate of drug-likeness (QED) is 0.496. The molecule has 0 saturated carbocycles. The molecule has 34 heavy (non-hydrogen) atoms. The third kappa shape index (κ3) is 4.69. The zero-order valence-corrected chi connectivity index (χ0v) is 20.4. The molecule has 8 nitrogen and oxygen atoms in total. The minimum absolute atomic E-state index is 0.216. The number of nitrogens with zero attached hydrogens (tertiary/aromatic N) is 1. The summed E-state index contributed by atoms with van der Waals surface area (Å²) in [6, 6.07) is 10.4. The SMILES string of the molecule is COC(=O)[C@@H]1C[C@H](NC(=O)c2[nH]c3ccc(Cl)cc3c2C)CN1Cc1ccc(OC)c(OC)c1. The van der Waals surface area contributed by atoms with Crippen molar-refractivity contribution in [2.24, 2.45) is 0 Å². The predicted octanol–water partition coefficient (Wildman–Crippen LogP) is 3.69. The van der Waals surface area contributed by atoms with Crippen molar-refractivity contribution in [2.45, 2.75) is 32.0 Å². The molecule has 2 aromatic carbocycles. The third-order valence-corrected chi connectivity index (χ3v) is 6.53. The Morgan fingerprint density at radius 2 is 1.88 bits per heavy atom. The van der Waals surface area contributed by atoms with Crippen LogP contribution in [0.3, 0.4) is 0 Å². The van der Waals surface area contributed by atoms with Crippen LogP contribution in [0.4, 0.5) is 0 Å². The van der Waals surface area contributed by atoms with E-state index in [-0.39, 0.29) is 17.9 Å². The first kappa shape index (κ1) is 23.9. The van der Waals surface area contributed by atoms with Crippen molar-refractivity contribution >= 4 is 34.4 Å². The number of H-pyrrole nitrogens is 1. The molecule has 0 bridgehead atoms. The molecule has 2 N–H and O–H groups in total. The number of amides is 1. The minimum Gasteiger partial charge on any atom is -0.493 e. The first-order chi connectivity index (χ1) is 16.3. The van der Waals surface area contributed by atoms with Gasteiger partial charge < -0.3 is 24.5 Å². The maximum absolute atomic E-state index is 13.1. The molecule has 4 rings (SSSR count). The third-order valence-electron chi connectivity index (χ3n) is 6.29. The van der Waals surface area contributed by atoms with Crippen LogP contribution in [0, 0.1) is 6.92 Å². The number of benzene rings is 2. The zero-order chi connectivity index (χ0) is 24.4. The van der Waals surface area contributed by atoms with Crippen molar-refractivity contribution in [3.8, 4) is 11.5 Å². The average Bonchev–Trinajstić information content (AvgIpc) is 3.38. The van der Waals surface area contributed by atoms with Gasteiger partial charge in [-0.2, -0.15) is 0 Å². The summed E-state index contributed by atoms with van der Waals surface area (Å²) in [6.45, 7) is 2.89. The number of aryl methyl sites for hydroxylation is 1. The lowest BCUT2D eigenvalue weighted by Crippen LogP contribution is -2.38. The molecule has 1 aromatic heterocycles. The summed E-state index contributed by atoms with van der Waals surface area (Å²) in [5, 5.41) is 4.60. The lowest BCUT2D eigenvalue weighted by Gasteiger charge is -2.22. The summed E-state index contributed by atoms with van der Waals surface area (Å²) in [4.78, 5) is 30.8. The first-order valence-corrected chi connectivity index (χ1v) is 11.3. The molecule has 3 aromatic rings. The standard InChI is InChI=1S/C25H28ClN3O5/c1-14-18-10-16(26)6-7-19(18)28-23(14)24(30)27-17-11-20(25(31)34-4)29(13-17)12-15-5-8-21(32-2)22(9-15)33-3/h5-10,17,20,28H,11-13H2,1-4H3,(H,27,30)/t17-,20-/m0/s1. The Morgan fingerprint density at radius 1 is 1.12 bits per heavy atom. The highest BCUT2D eigenvalue weighted by atomic mass is 35.5. The van der Waals surface area contributed by atoms with Gasteiger partial charge in [-0.05, 0) is 54.8 Å². The number of methoxy groups -OCH3 is 3. The Labute approximate surface area is 203 Å². The largest absolute Gasteiger partial charge is 0.493 e. The van der Waals surface area contributed by atoms with Crippen LogP contribution in [-0.4, -0.2) is 61.7 Å². The van der Waals surface area contributed by atoms with E-state index in [0.717, 1.165) is 22.0 Å². The van der Waals surface area contributed by atoms with E-state index in [1.54, 1.807) is 20.3 Å². The van der Waals surface area contributed by atoms with Gasteiger partial charge in [-0.3, -0.25) is 14.5 Å². The number of rotatable bonds is 7. The molecule has 1 aliphatic rings. The molecule has 2 atom stereocenters. The van der Waals surface area contributed by atoms with Crippen LogP contribution >= 0.6 is 11.6 Å². The van der Waals surface area contributed by atoms with Crippen LogP contribution in [0.1, 0.15) is 28.0 Å². The molecule has 1 amide bonds. The highest BCUT2D eigenvalue weighted by Gasteiger charge is 2.38. The molecule has 1 saturated heterocycles. The van der Waals surface area contributed by atoms with E-state index in [2.05, 4.69) is 10.3 Å². The lowest BCUT2D eigenvalue weighted by atomic mass is 10.1. The number of aromatic amines is 1.